The maximum atomic E-state index is 12.0. The molecular weight excluding hydrogens is 322 g/mol. The predicted octanol–water partition coefficient (Wildman–Crippen LogP) is 0.442. The average molecular weight is 345 g/mol. The maximum Gasteiger partial charge on any atom is 0.268 e. The summed E-state index contributed by atoms with van der Waals surface area (Å²) in [7, 11) is 1.63. The normalized spacial score (nSPS) is 17.5. The van der Waals surface area contributed by atoms with Crippen LogP contribution in [0.4, 0.5) is 5.69 Å². The Morgan fingerprint density at radius 1 is 1.48 bits per heavy atom. The summed E-state index contributed by atoms with van der Waals surface area (Å²) in [5.74, 6) is -0.114. The summed E-state index contributed by atoms with van der Waals surface area (Å²) in [6.07, 6.45) is 4.21. The third-order valence-corrected chi connectivity index (χ3v) is 4.28. The second-order valence-electron chi connectivity index (χ2n) is 6.25. The Morgan fingerprint density at radius 3 is 3.04 bits per heavy atom. The molecule has 0 saturated carbocycles. The number of nitrogens with zero attached hydrogens (tertiary/aromatic N) is 3. The number of aromatic amines is 1. The zero-order valence-electron chi connectivity index (χ0n) is 14.5. The molecular formula is C17H23N5O3. The number of carbonyl (C=O) groups excluding carboxylic acids is 1. The van der Waals surface area contributed by atoms with Gasteiger partial charge in [-0.1, -0.05) is 0 Å². The van der Waals surface area contributed by atoms with Gasteiger partial charge >= 0.3 is 0 Å². The molecule has 2 aromatic heterocycles. The SMILES string of the molecule is Cc1c[nH]c(C(=O)NCCC2CN(c3cnn(C)c(=O)c3)CCO2)c1. The van der Waals surface area contributed by atoms with Gasteiger partial charge in [-0.3, -0.25) is 9.59 Å². The Morgan fingerprint density at radius 2 is 2.32 bits per heavy atom. The van der Waals surface area contributed by atoms with Crippen molar-refractivity contribution in [2.24, 2.45) is 7.05 Å². The maximum absolute atomic E-state index is 12.0. The Hall–Kier alpha value is -2.61. The van der Waals surface area contributed by atoms with E-state index < -0.39 is 0 Å². The van der Waals surface area contributed by atoms with Gasteiger partial charge < -0.3 is 19.9 Å². The molecule has 1 amide bonds. The highest BCUT2D eigenvalue weighted by atomic mass is 16.5. The van der Waals surface area contributed by atoms with Crippen molar-refractivity contribution in [2.45, 2.75) is 19.4 Å². The molecule has 0 spiro atoms. The summed E-state index contributed by atoms with van der Waals surface area (Å²) in [4.78, 5) is 28.8. The number of amides is 1. The number of aryl methyl sites for hydroxylation is 2. The van der Waals surface area contributed by atoms with E-state index in [1.807, 2.05) is 13.0 Å². The Kier molecular flexibility index (Phi) is 5.18. The third-order valence-electron chi connectivity index (χ3n) is 4.28. The number of carbonyl (C=O) groups is 1. The van der Waals surface area contributed by atoms with Crippen LogP contribution < -0.4 is 15.8 Å². The molecule has 1 saturated heterocycles. The van der Waals surface area contributed by atoms with Crippen LogP contribution >= 0.6 is 0 Å². The second-order valence-corrected chi connectivity index (χ2v) is 6.25. The first kappa shape index (κ1) is 17.2. The van der Waals surface area contributed by atoms with Gasteiger partial charge in [0.2, 0.25) is 0 Å². The van der Waals surface area contributed by atoms with Crippen LogP contribution in [-0.2, 0) is 11.8 Å². The van der Waals surface area contributed by atoms with E-state index in [2.05, 4.69) is 20.3 Å². The van der Waals surface area contributed by atoms with Crippen LogP contribution in [0.25, 0.3) is 0 Å². The summed E-state index contributed by atoms with van der Waals surface area (Å²) < 4.78 is 7.08. The third kappa shape index (κ3) is 4.27. The van der Waals surface area contributed by atoms with Gasteiger partial charge in [0.25, 0.3) is 11.5 Å². The van der Waals surface area contributed by atoms with Gasteiger partial charge in [-0.05, 0) is 25.0 Å². The lowest BCUT2D eigenvalue weighted by Gasteiger charge is -2.34. The lowest BCUT2D eigenvalue weighted by atomic mass is 10.2. The van der Waals surface area contributed by atoms with Crippen molar-refractivity contribution >= 4 is 11.6 Å². The number of anilines is 1. The summed E-state index contributed by atoms with van der Waals surface area (Å²) in [5, 5.41) is 6.96. The number of ether oxygens (including phenoxy) is 1. The lowest BCUT2D eigenvalue weighted by molar-refractivity contribution is 0.0353. The van der Waals surface area contributed by atoms with Gasteiger partial charge in [0.1, 0.15) is 5.69 Å². The van der Waals surface area contributed by atoms with Gasteiger partial charge in [0.15, 0.2) is 0 Å². The molecule has 3 rings (SSSR count). The van der Waals surface area contributed by atoms with Crippen molar-refractivity contribution in [3.8, 4) is 0 Å². The lowest BCUT2D eigenvalue weighted by Crippen LogP contribution is -2.44. The fourth-order valence-corrected chi connectivity index (χ4v) is 2.84. The highest BCUT2D eigenvalue weighted by Gasteiger charge is 2.21. The van der Waals surface area contributed by atoms with Gasteiger partial charge in [-0.25, -0.2) is 4.68 Å². The van der Waals surface area contributed by atoms with Gasteiger partial charge in [0, 0.05) is 38.9 Å². The number of hydrogen-bond acceptors (Lipinski definition) is 5. The number of morpholine rings is 1. The molecule has 25 heavy (non-hydrogen) atoms. The number of nitrogens with one attached hydrogen (secondary N) is 2. The van der Waals surface area contributed by atoms with Crippen LogP contribution in [0.3, 0.4) is 0 Å². The Bertz CT molecular complexity index is 798. The minimum atomic E-state index is -0.131. The molecule has 134 valence electrons. The van der Waals surface area contributed by atoms with Crippen molar-refractivity contribution in [1.29, 1.82) is 0 Å². The van der Waals surface area contributed by atoms with E-state index in [1.54, 1.807) is 25.5 Å². The predicted molar refractivity (Wildman–Crippen MR) is 93.9 cm³/mol. The molecule has 2 aromatic rings. The van der Waals surface area contributed by atoms with Gasteiger partial charge in [-0.15, -0.1) is 0 Å². The number of rotatable bonds is 5. The molecule has 0 radical (unpaired) electrons. The summed E-state index contributed by atoms with van der Waals surface area (Å²) in [5.41, 5.74) is 2.27. The monoisotopic (exact) mass is 345 g/mol. The number of aromatic nitrogens is 3. The number of H-pyrrole nitrogens is 1. The molecule has 0 bridgehead atoms. The Labute approximate surface area is 145 Å². The molecule has 1 atom stereocenters. The average Bonchev–Trinajstić information content (AvgIpc) is 3.04. The topological polar surface area (TPSA) is 92.3 Å². The molecule has 1 fully saturated rings. The van der Waals surface area contributed by atoms with E-state index in [1.165, 1.54) is 4.68 Å². The zero-order chi connectivity index (χ0) is 17.8. The van der Waals surface area contributed by atoms with E-state index in [9.17, 15) is 9.59 Å². The highest BCUT2D eigenvalue weighted by Crippen LogP contribution is 2.16. The van der Waals surface area contributed by atoms with E-state index >= 15 is 0 Å². The number of hydrogen-bond donors (Lipinski definition) is 2. The van der Waals surface area contributed by atoms with Crippen molar-refractivity contribution in [1.82, 2.24) is 20.1 Å². The van der Waals surface area contributed by atoms with E-state index in [0.29, 0.717) is 31.8 Å². The van der Waals surface area contributed by atoms with Crippen LogP contribution in [-0.4, -0.2) is 53.0 Å². The van der Waals surface area contributed by atoms with Crippen LogP contribution in [0.5, 0.6) is 0 Å². The summed E-state index contributed by atoms with van der Waals surface area (Å²) >= 11 is 0. The van der Waals surface area contributed by atoms with Crippen molar-refractivity contribution < 1.29 is 9.53 Å². The second kappa shape index (κ2) is 7.52. The molecule has 0 aromatic carbocycles. The molecule has 1 aliphatic rings. The summed E-state index contributed by atoms with van der Waals surface area (Å²) in [6, 6.07) is 3.40. The van der Waals surface area contributed by atoms with Crippen molar-refractivity contribution in [3.63, 3.8) is 0 Å². The summed E-state index contributed by atoms with van der Waals surface area (Å²) in [6.45, 7) is 4.45. The molecule has 1 aliphatic heterocycles. The Balaban J connectivity index is 1.50. The zero-order valence-corrected chi connectivity index (χ0v) is 14.5. The quantitative estimate of drug-likeness (QED) is 0.820. The first-order valence-electron chi connectivity index (χ1n) is 8.36. The fraction of sp³-hybridized carbons (Fsp3) is 0.471. The first-order chi connectivity index (χ1) is 12.0. The van der Waals surface area contributed by atoms with E-state index in [0.717, 1.165) is 17.8 Å². The van der Waals surface area contributed by atoms with E-state index in [-0.39, 0.29) is 17.6 Å². The van der Waals surface area contributed by atoms with Gasteiger partial charge in [0.05, 0.1) is 24.6 Å². The fourth-order valence-electron chi connectivity index (χ4n) is 2.84. The van der Waals surface area contributed by atoms with Crippen molar-refractivity contribution in [2.75, 3.05) is 31.1 Å². The van der Waals surface area contributed by atoms with E-state index in [4.69, 9.17) is 4.74 Å². The smallest absolute Gasteiger partial charge is 0.268 e. The molecule has 0 aliphatic carbocycles. The van der Waals surface area contributed by atoms with Crippen LogP contribution in [0, 0.1) is 6.92 Å². The van der Waals surface area contributed by atoms with Crippen molar-refractivity contribution in [3.05, 3.63) is 46.1 Å². The van der Waals surface area contributed by atoms with Crippen LogP contribution in [0.1, 0.15) is 22.5 Å². The van der Waals surface area contributed by atoms with Crippen LogP contribution in [0.2, 0.25) is 0 Å². The molecule has 2 N–H and O–H groups in total. The molecule has 1 unspecified atom stereocenters. The van der Waals surface area contributed by atoms with Gasteiger partial charge in [-0.2, -0.15) is 5.10 Å². The molecule has 8 nitrogen and oxygen atoms in total. The minimum Gasteiger partial charge on any atom is -0.374 e. The largest absolute Gasteiger partial charge is 0.374 e. The molecule has 3 heterocycles. The highest BCUT2D eigenvalue weighted by molar-refractivity contribution is 5.92. The standard InChI is InChI=1S/C17H23N5O3/c1-12-7-15(19-9-12)17(24)18-4-3-14-11-22(5-6-25-14)13-8-16(23)21(2)20-10-13/h7-10,14,19H,3-6,11H2,1-2H3,(H,18,24). The molecule has 8 heteroatoms. The minimum absolute atomic E-state index is 0.00323. The van der Waals surface area contributed by atoms with Crippen LogP contribution in [0.15, 0.2) is 29.3 Å². The first-order valence-corrected chi connectivity index (χ1v) is 8.36.